The van der Waals surface area contributed by atoms with E-state index in [-0.39, 0.29) is 0 Å². The highest BCUT2D eigenvalue weighted by Crippen LogP contribution is 2.16. The zero-order valence-corrected chi connectivity index (χ0v) is 32.0. The lowest BCUT2D eigenvalue weighted by Gasteiger charge is -2.07. The molecule has 0 N–H and O–H groups in total. The van der Waals surface area contributed by atoms with Crippen molar-refractivity contribution in [1.29, 1.82) is 0 Å². The molecule has 0 aliphatic carbocycles. The molecular weight excluding hydrogens is 569 g/mol. The van der Waals surface area contributed by atoms with Gasteiger partial charge in [0.05, 0.1) is 13.1 Å². The Labute approximate surface area is 294 Å². The van der Waals surface area contributed by atoms with Crippen molar-refractivity contribution in [1.82, 2.24) is 4.57 Å². The van der Waals surface area contributed by atoms with Crippen molar-refractivity contribution >= 4 is 0 Å². The molecule has 2 aromatic rings. The van der Waals surface area contributed by atoms with E-state index in [1.807, 2.05) is 0 Å². The molecule has 0 atom stereocenters. The number of unbranched alkanes of at least 4 members (excludes halogenated alkanes) is 27. The van der Waals surface area contributed by atoms with Crippen LogP contribution in [0.3, 0.4) is 0 Å². The van der Waals surface area contributed by atoms with E-state index in [9.17, 15) is 0 Å². The molecule has 0 bridgehead atoms. The summed E-state index contributed by atoms with van der Waals surface area (Å²) in [4.78, 5) is 0. The Morgan fingerprint density at radius 3 is 1.28 bits per heavy atom. The van der Waals surface area contributed by atoms with Gasteiger partial charge in [0.15, 0.2) is 0 Å². The molecule has 2 heteroatoms. The maximum atomic E-state index is 2.62. The van der Waals surface area contributed by atoms with Gasteiger partial charge in [-0.2, -0.15) is 0 Å². The fourth-order valence-electron chi connectivity index (χ4n) is 7.42. The average Bonchev–Trinajstić information content (AvgIpc) is 3.48. The largest absolute Gasteiger partial charge is 0.256 e. The molecule has 0 unspecified atom stereocenters. The van der Waals surface area contributed by atoms with Crippen LogP contribution in [0.5, 0.6) is 0 Å². The van der Waals surface area contributed by atoms with Crippen LogP contribution in [-0.4, -0.2) is 4.57 Å². The van der Waals surface area contributed by atoms with Crippen LogP contribution in [0, 0.1) is 0 Å². The first-order chi connectivity index (χ1) is 23.3. The molecule has 2 nitrogen and oxygen atoms in total. The van der Waals surface area contributed by atoms with Gasteiger partial charge < -0.3 is 0 Å². The van der Waals surface area contributed by atoms with E-state index >= 15 is 0 Å². The van der Waals surface area contributed by atoms with Crippen molar-refractivity contribution < 1.29 is 4.57 Å². The molecule has 0 aliphatic rings. The first-order valence-electron chi connectivity index (χ1n) is 21.5. The molecule has 0 saturated heterocycles. The Morgan fingerprint density at radius 1 is 0.426 bits per heavy atom. The van der Waals surface area contributed by atoms with Crippen molar-refractivity contribution in [3.8, 4) is 0 Å². The van der Waals surface area contributed by atoms with Crippen LogP contribution in [0.25, 0.3) is 0 Å². The van der Waals surface area contributed by atoms with Gasteiger partial charge >= 0.3 is 0 Å². The van der Waals surface area contributed by atoms with Crippen LogP contribution < -0.4 is 4.57 Å². The Bertz CT molecular complexity index is 900. The monoisotopic (exact) mass is 650 g/mol. The predicted octanol–water partition coefficient (Wildman–Crippen LogP) is 14.3. The summed E-state index contributed by atoms with van der Waals surface area (Å²) in [5, 5.41) is 0. The summed E-state index contributed by atoms with van der Waals surface area (Å²) in [6.07, 6.45) is 50.0. The van der Waals surface area contributed by atoms with E-state index in [1.54, 1.807) is 5.82 Å². The first kappa shape index (κ1) is 41.6. The lowest BCUT2D eigenvalue weighted by molar-refractivity contribution is -0.704. The van der Waals surface area contributed by atoms with Crippen LogP contribution >= 0.6 is 0 Å². The molecule has 2 rings (SSSR count). The van der Waals surface area contributed by atoms with Gasteiger partial charge in [0.2, 0.25) is 0 Å². The van der Waals surface area contributed by atoms with Crippen molar-refractivity contribution in [2.75, 3.05) is 0 Å². The molecule has 1 aromatic carbocycles. The number of aromatic nitrogens is 2. The van der Waals surface area contributed by atoms with E-state index in [0.717, 1.165) is 6.54 Å². The maximum Gasteiger partial charge on any atom is 0.256 e. The molecule has 0 spiro atoms. The van der Waals surface area contributed by atoms with Gasteiger partial charge in [-0.1, -0.05) is 211 Å². The minimum Gasteiger partial charge on any atom is -0.234 e. The van der Waals surface area contributed by atoms with Gasteiger partial charge in [-0.3, -0.25) is 0 Å². The summed E-state index contributed by atoms with van der Waals surface area (Å²) in [5.74, 6) is 1.59. The number of hydrogen-bond donors (Lipinski definition) is 0. The maximum absolute atomic E-state index is 2.62. The smallest absolute Gasteiger partial charge is 0.234 e. The fourth-order valence-corrected chi connectivity index (χ4v) is 7.42. The fraction of sp³-hybridized carbons (Fsp3) is 0.800. The normalized spacial score (nSPS) is 11.5. The number of nitrogens with zero attached hydrogens (tertiary/aromatic N) is 2. The molecule has 0 aliphatic heterocycles. The van der Waals surface area contributed by atoms with Crippen molar-refractivity contribution in [2.24, 2.45) is 0 Å². The third-order valence-electron chi connectivity index (χ3n) is 10.6. The zero-order chi connectivity index (χ0) is 33.3. The number of aryl methyl sites for hydroxylation is 3. The standard InChI is InChI=1S/C45H81N2/c1-3-5-7-9-11-13-15-17-18-19-21-23-25-27-29-34-40-46-42-43-47(41-35-38-44-36-31-30-32-37-44)45(46)39-33-28-26-24-22-20-16-14-12-10-8-6-4-2/h30-32,36-37,42-43H,3-29,33-35,38-41H2,1-2H3/q+1. The third kappa shape index (κ3) is 23.4. The molecule has 0 fully saturated rings. The topological polar surface area (TPSA) is 8.81 Å². The number of rotatable bonds is 35. The summed E-state index contributed by atoms with van der Waals surface area (Å²) in [5.41, 5.74) is 1.47. The SMILES string of the molecule is CCCCCCCCCCCCCCCCCCn1cc[n+](CCCc2ccccc2)c1CCCCCCCCCCCCCCC. The van der Waals surface area contributed by atoms with E-state index in [4.69, 9.17) is 0 Å². The molecule has 270 valence electrons. The van der Waals surface area contributed by atoms with Crippen LogP contribution in [0.1, 0.15) is 218 Å². The first-order valence-corrected chi connectivity index (χ1v) is 21.5. The lowest BCUT2D eigenvalue weighted by atomic mass is 10.0. The molecule has 0 radical (unpaired) electrons. The molecular formula is C45H81N2+. The second kappa shape index (κ2) is 31.7. The quantitative estimate of drug-likeness (QED) is 0.0519. The number of hydrogen-bond acceptors (Lipinski definition) is 0. The van der Waals surface area contributed by atoms with Crippen LogP contribution in [0.2, 0.25) is 0 Å². The molecule has 1 heterocycles. The number of benzene rings is 1. The second-order valence-electron chi connectivity index (χ2n) is 15.0. The molecule has 0 amide bonds. The van der Waals surface area contributed by atoms with Crippen molar-refractivity contribution in [3.63, 3.8) is 0 Å². The summed E-state index contributed by atoms with van der Waals surface area (Å²) in [7, 11) is 0. The van der Waals surface area contributed by atoms with Gasteiger partial charge in [0.1, 0.15) is 12.4 Å². The second-order valence-corrected chi connectivity index (χ2v) is 15.0. The zero-order valence-electron chi connectivity index (χ0n) is 32.0. The Hall–Kier alpha value is -1.57. The minimum atomic E-state index is 1.15. The van der Waals surface area contributed by atoms with Crippen molar-refractivity contribution in [2.45, 2.75) is 232 Å². The van der Waals surface area contributed by atoms with Crippen LogP contribution in [-0.2, 0) is 25.9 Å². The molecule has 47 heavy (non-hydrogen) atoms. The van der Waals surface area contributed by atoms with Crippen molar-refractivity contribution in [3.05, 3.63) is 54.1 Å². The highest BCUT2D eigenvalue weighted by molar-refractivity contribution is 5.14. The average molecular weight is 650 g/mol. The van der Waals surface area contributed by atoms with Gasteiger partial charge in [0, 0.05) is 6.42 Å². The highest BCUT2D eigenvalue weighted by atomic mass is 15.1. The highest BCUT2D eigenvalue weighted by Gasteiger charge is 2.16. The Morgan fingerprint density at radius 2 is 0.830 bits per heavy atom. The third-order valence-corrected chi connectivity index (χ3v) is 10.6. The van der Waals surface area contributed by atoms with Crippen LogP contribution in [0.4, 0.5) is 0 Å². The summed E-state index contributed by atoms with van der Waals surface area (Å²) in [6, 6.07) is 11.0. The van der Waals surface area contributed by atoms with E-state index in [2.05, 4.69) is 65.7 Å². The van der Waals surface area contributed by atoms with E-state index in [0.29, 0.717) is 0 Å². The van der Waals surface area contributed by atoms with E-state index in [1.165, 1.54) is 218 Å². The molecule has 0 saturated carbocycles. The summed E-state index contributed by atoms with van der Waals surface area (Å²) in [6.45, 7) is 6.97. The molecule has 1 aromatic heterocycles. The summed E-state index contributed by atoms with van der Waals surface area (Å²) < 4.78 is 5.21. The van der Waals surface area contributed by atoms with Gasteiger partial charge in [-0.15, -0.1) is 0 Å². The summed E-state index contributed by atoms with van der Waals surface area (Å²) >= 11 is 0. The van der Waals surface area contributed by atoms with Gasteiger partial charge in [-0.05, 0) is 37.7 Å². The van der Waals surface area contributed by atoms with Crippen LogP contribution in [0.15, 0.2) is 42.7 Å². The van der Waals surface area contributed by atoms with Gasteiger partial charge in [-0.25, -0.2) is 9.13 Å². The predicted molar refractivity (Wildman–Crippen MR) is 208 cm³/mol. The minimum absolute atomic E-state index is 1.15. The lowest BCUT2D eigenvalue weighted by Crippen LogP contribution is -2.37. The van der Waals surface area contributed by atoms with Gasteiger partial charge in [0.25, 0.3) is 5.82 Å². The Balaban J connectivity index is 1.58. The number of imidazole rings is 1. The Kier molecular flexibility index (Phi) is 28.0. The van der Waals surface area contributed by atoms with E-state index < -0.39 is 0 Å².